The van der Waals surface area contributed by atoms with Gasteiger partial charge in [-0.1, -0.05) is 30.3 Å². The van der Waals surface area contributed by atoms with Crippen LogP contribution < -0.4 is 29.4 Å². The fourth-order valence-electron chi connectivity index (χ4n) is 6.34. The molecule has 228 valence electrons. The zero-order valence-electron chi connectivity index (χ0n) is 25.9. The zero-order valence-corrected chi connectivity index (χ0v) is 25.9. The maximum Gasteiger partial charge on any atom is 0.324 e. The molecule has 0 bridgehead atoms. The number of fused-ring (bicyclic) bond motifs is 6. The molecule has 11 heteroatoms. The minimum Gasteiger partial charge on any atom is -0.467 e. The number of hydrogen-bond acceptors (Lipinski definition) is 10. The lowest BCUT2D eigenvalue weighted by molar-refractivity contribution is 0.0721. The standard InChI is InChI=1S/C33H37N7O4/c1-7-38(8-2)21-15-17-25-27(19-21)44-28-20-22(39(9-3)10-4)16-18-26(28)33(25)24-14-12-11-13-23(24)29(41)40(33)37-30-34-31(42-5)36-32(35-30)43-6/h11-20H,7-10H2,1-6H3,(H,34,35,36,37). The van der Waals surface area contributed by atoms with Crippen molar-refractivity contribution in [3.8, 4) is 23.5 Å². The molecule has 0 atom stereocenters. The van der Waals surface area contributed by atoms with Crippen LogP contribution in [0.1, 0.15) is 54.7 Å². The molecule has 1 aromatic heterocycles. The Kier molecular flexibility index (Phi) is 7.62. The van der Waals surface area contributed by atoms with Gasteiger partial charge in [-0.05, 0) is 45.9 Å². The van der Waals surface area contributed by atoms with Crippen LogP contribution in [0.4, 0.5) is 17.3 Å². The second-order valence-corrected chi connectivity index (χ2v) is 10.4. The summed E-state index contributed by atoms with van der Waals surface area (Å²) in [5.74, 6) is 1.20. The van der Waals surface area contributed by atoms with E-state index in [9.17, 15) is 4.79 Å². The number of carbonyl (C=O) groups excluding carboxylic acids is 1. The molecular formula is C33H37N7O4. The molecule has 0 fully saturated rings. The van der Waals surface area contributed by atoms with E-state index in [0.29, 0.717) is 17.1 Å². The first-order valence-electron chi connectivity index (χ1n) is 14.9. The van der Waals surface area contributed by atoms with Crippen LogP contribution in [0.25, 0.3) is 0 Å². The lowest BCUT2D eigenvalue weighted by Crippen LogP contribution is -2.50. The number of ether oxygens (including phenoxy) is 3. The number of nitrogens with zero attached hydrogens (tertiary/aromatic N) is 6. The quantitative estimate of drug-likeness (QED) is 0.254. The van der Waals surface area contributed by atoms with Gasteiger partial charge in [-0.3, -0.25) is 10.2 Å². The van der Waals surface area contributed by atoms with Crippen LogP contribution in [-0.2, 0) is 5.54 Å². The molecule has 3 aromatic carbocycles. The number of rotatable bonds is 10. The number of amides is 1. The van der Waals surface area contributed by atoms with Crippen molar-refractivity contribution in [3.63, 3.8) is 0 Å². The van der Waals surface area contributed by atoms with Crippen LogP contribution >= 0.6 is 0 Å². The number of anilines is 3. The summed E-state index contributed by atoms with van der Waals surface area (Å²) in [6, 6.07) is 20.2. The highest BCUT2D eigenvalue weighted by Gasteiger charge is 2.57. The van der Waals surface area contributed by atoms with Crippen molar-refractivity contribution in [2.45, 2.75) is 33.2 Å². The maximum atomic E-state index is 14.4. The first-order valence-corrected chi connectivity index (χ1v) is 14.9. The van der Waals surface area contributed by atoms with Crippen LogP contribution in [0.2, 0.25) is 0 Å². The minimum atomic E-state index is -1.12. The van der Waals surface area contributed by atoms with Crippen molar-refractivity contribution in [2.75, 3.05) is 55.6 Å². The summed E-state index contributed by atoms with van der Waals surface area (Å²) in [6.07, 6.45) is 0. The number of hydrogen-bond donors (Lipinski definition) is 1. The van der Waals surface area contributed by atoms with E-state index in [1.54, 1.807) is 5.01 Å². The first-order chi connectivity index (χ1) is 21.4. The number of methoxy groups -OCH3 is 2. The maximum absolute atomic E-state index is 14.4. The third-order valence-corrected chi connectivity index (χ3v) is 8.44. The van der Waals surface area contributed by atoms with Gasteiger partial charge < -0.3 is 24.0 Å². The zero-order chi connectivity index (χ0) is 31.0. The van der Waals surface area contributed by atoms with Gasteiger partial charge in [0, 0.05) is 71.9 Å². The molecule has 6 rings (SSSR count). The number of nitrogens with one attached hydrogen (secondary N) is 1. The van der Waals surface area contributed by atoms with E-state index in [-0.39, 0.29) is 23.9 Å². The molecule has 4 aromatic rings. The number of carbonyl (C=O) groups is 1. The molecule has 1 spiro atoms. The van der Waals surface area contributed by atoms with Crippen LogP contribution in [0.5, 0.6) is 23.5 Å². The summed E-state index contributed by atoms with van der Waals surface area (Å²) in [7, 11) is 2.92. The Balaban J connectivity index is 1.64. The van der Waals surface area contributed by atoms with Crippen molar-refractivity contribution in [1.29, 1.82) is 0 Å². The highest BCUT2D eigenvalue weighted by atomic mass is 16.5. The van der Waals surface area contributed by atoms with Crippen LogP contribution in [0.3, 0.4) is 0 Å². The summed E-state index contributed by atoms with van der Waals surface area (Å²) < 4.78 is 17.3. The Morgan fingerprint density at radius 2 is 1.27 bits per heavy atom. The van der Waals surface area contributed by atoms with Gasteiger partial charge >= 0.3 is 12.0 Å². The summed E-state index contributed by atoms with van der Waals surface area (Å²) >= 11 is 0. The highest BCUT2D eigenvalue weighted by Crippen LogP contribution is 2.58. The predicted molar refractivity (Wildman–Crippen MR) is 169 cm³/mol. The molecule has 44 heavy (non-hydrogen) atoms. The molecule has 0 saturated heterocycles. The van der Waals surface area contributed by atoms with Gasteiger partial charge in [0.05, 0.1) is 14.2 Å². The van der Waals surface area contributed by atoms with E-state index in [2.05, 4.69) is 94.3 Å². The Morgan fingerprint density at radius 3 is 1.77 bits per heavy atom. The Morgan fingerprint density at radius 1 is 0.750 bits per heavy atom. The SMILES string of the molecule is CCN(CC)c1ccc2c(c1)Oc1cc(N(CC)CC)ccc1C21c2ccccc2C(=O)N1Nc1nc(OC)nc(OC)n1. The van der Waals surface area contributed by atoms with E-state index >= 15 is 0 Å². The fraction of sp³-hybridized carbons (Fsp3) is 0.333. The van der Waals surface area contributed by atoms with E-state index in [1.807, 2.05) is 24.3 Å². The van der Waals surface area contributed by atoms with Crippen molar-refractivity contribution in [2.24, 2.45) is 0 Å². The number of hydrazine groups is 1. The number of benzene rings is 3. The normalized spacial score (nSPS) is 14.0. The molecule has 0 radical (unpaired) electrons. The molecule has 3 heterocycles. The first kappa shape index (κ1) is 29.0. The lowest BCUT2D eigenvalue weighted by atomic mass is 9.75. The lowest BCUT2D eigenvalue weighted by Gasteiger charge is -2.44. The molecule has 1 amide bonds. The van der Waals surface area contributed by atoms with Gasteiger partial charge in [-0.25, -0.2) is 5.01 Å². The molecule has 2 aliphatic rings. The summed E-state index contributed by atoms with van der Waals surface area (Å²) in [4.78, 5) is 31.9. The van der Waals surface area contributed by atoms with Crippen LogP contribution in [0.15, 0.2) is 60.7 Å². The molecule has 0 unspecified atom stereocenters. The Hall–Kier alpha value is -5.06. The monoisotopic (exact) mass is 595 g/mol. The Labute approximate surface area is 257 Å². The largest absolute Gasteiger partial charge is 0.467 e. The summed E-state index contributed by atoms with van der Waals surface area (Å²) in [5, 5.41) is 1.60. The highest BCUT2D eigenvalue weighted by molar-refractivity contribution is 6.03. The van der Waals surface area contributed by atoms with Crippen molar-refractivity contribution in [3.05, 3.63) is 82.9 Å². The van der Waals surface area contributed by atoms with E-state index in [4.69, 9.17) is 14.2 Å². The average molecular weight is 596 g/mol. The van der Waals surface area contributed by atoms with Gasteiger partial charge in [0.25, 0.3) is 11.9 Å². The van der Waals surface area contributed by atoms with Crippen LogP contribution in [-0.4, -0.2) is 66.3 Å². The molecule has 0 saturated carbocycles. The molecule has 2 aliphatic heterocycles. The fourth-order valence-corrected chi connectivity index (χ4v) is 6.34. The average Bonchev–Trinajstić information content (AvgIpc) is 3.29. The van der Waals surface area contributed by atoms with Crippen molar-refractivity contribution in [1.82, 2.24) is 20.0 Å². The molecule has 0 aliphatic carbocycles. The van der Waals surface area contributed by atoms with Gasteiger partial charge in [0.2, 0.25) is 0 Å². The van der Waals surface area contributed by atoms with Gasteiger partial charge in [-0.2, -0.15) is 9.97 Å². The van der Waals surface area contributed by atoms with E-state index in [1.165, 1.54) is 14.2 Å². The minimum absolute atomic E-state index is 0.0538. The van der Waals surface area contributed by atoms with E-state index in [0.717, 1.165) is 54.2 Å². The van der Waals surface area contributed by atoms with E-state index < -0.39 is 5.54 Å². The topological polar surface area (TPSA) is 105 Å². The van der Waals surface area contributed by atoms with Gasteiger partial charge in [0.15, 0.2) is 0 Å². The van der Waals surface area contributed by atoms with Gasteiger partial charge in [0.1, 0.15) is 17.0 Å². The predicted octanol–water partition coefficient (Wildman–Crippen LogP) is 5.46. The molecule has 1 N–H and O–H groups in total. The van der Waals surface area contributed by atoms with Crippen molar-refractivity contribution < 1.29 is 19.0 Å². The number of aromatic nitrogens is 3. The second-order valence-electron chi connectivity index (χ2n) is 10.4. The third kappa shape index (κ3) is 4.42. The summed E-state index contributed by atoms with van der Waals surface area (Å²) in [5.41, 5.74) is 7.21. The molecule has 11 nitrogen and oxygen atoms in total. The van der Waals surface area contributed by atoms with Gasteiger partial charge in [-0.15, -0.1) is 4.98 Å². The van der Waals surface area contributed by atoms with Crippen LogP contribution in [0, 0.1) is 0 Å². The van der Waals surface area contributed by atoms with Crippen molar-refractivity contribution >= 4 is 23.2 Å². The molecular weight excluding hydrogens is 558 g/mol. The summed E-state index contributed by atoms with van der Waals surface area (Å²) in [6.45, 7) is 11.9. The smallest absolute Gasteiger partial charge is 0.324 e. The Bertz CT molecular complexity index is 1620. The third-order valence-electron chi connectivity index (χ3n) is 8.44. The second kappa shape index (κ2) is 11.6.